The molecule has 0 heterocycles. The monoisotopic (exact) mass is 174 g/mol. The summed E-state index contributed by atoms with van der Waals surface area (Å²) in [5.41, 5.74) is 5.34. The van der Waals surface area contributed by atoms with Crippen LogP contribution >= 0.6 is 0 Å². The molecule has 0 amide bonds. The molecule has 4 heteroatoms. The second kappa shape index (κ2) is 5.11. The summed E-state index contributed by atoms with van der Waals surface area (Å²) in [6.45, 7) is 5.15. The number of carbonyl (C=O) groups is 1. The van der Waals surface area contributed by atoms with Crippen molar-refractivity contribution in [2.75, 3.05) is 13.1 Å². The quantitative estimate of drug-likeness (QED) is 0.537. The molecule has 0 spiro atoms. The zero-order chi connectivity index (χ0) is 9.61. The molecule has 0 aromatic heterocycles. The first-order valence-corrected chi connectivity index (χ1v) is 4.15. The Hall–Kier alpha value is -0.610. The van der Waals surface area contributed by atoms with Gasteiger partial charge in [0, 0.05) is 12.1 Å². The molecule has 0 aromatic rings. The van der Waals surface area contributed by atoms with Gasteiger partial charge in [-0.1, -0.05) is 0 Å². The summed E-state index contributed by atoms with van der Waals surface area (Å²) in [6.07, 6.45) is 1.01. The number of nitrogens with one attached hydrogen (secondary N) is 1. The Morgan fingerprint density at radius 3 is 2.58 bits per heavy atom. The summed E-state index contributed by atoms with van der Waals surface area (Å²) in [7, 11) is 0. The Bertz CT molecular complexity index is 146. The SMILES string of the molecule is CC(C)(CCN)NCCC(=O)O. The molecule has 0 aliphatic carbocycles. The second-order valence-corrected chi connectivity index (χ2v) is 3.49. The smallest absolute Gasteiger partial charge is 0.304 e. The lowest BCUT2D eigenvalue weighted by Crippen LogP contribution is -2.41. The minimum atomic E-state index is -0.772. The topological polar surface area (TPSA) is 75.3 Å². The fourth-order valence-corrected chi connectivity index (χ4v) is 0.957. The Balaban J connectivity index is 3.53. The maximum absolute atomic E-state index is 10.2. The average Bonchev–Trinajstić information content (AvgIpc) is 1.85. The molecule has 0 atom stereocenters. The third kappa shape index (κ3) is 6.12. The van der Waals surface area contributed by atoms with Gasteiger partial charge in [-0.15, -0.1) is 0 Å². The Labute approximate surface area is 73.1 Å². The van der Waals surface area contributed by atoms with Gasteiger partial charge in [0.15, 0.2) is 0 Å². The van der Waals surface area contributed by atoms with E-state index in [0.29, 0.717) is 13.1 Å². The van der Waals surface area contributed by atoms with Crippen molar-refractivity contribution < 1.29 is 9.90 Å². The van der Waals surface area contributed by atoms with Gasteiger partial charge >= 0.3 is 5.97 Å². The van der Waals surface area contributed by atoms with Crippen LogP contribution in [-0.2, 0) is 4.79 Å². The lowest BCUT2D eigenvalue weighted by atomic mass is 10.0. The number of hydrogen-bond donors (Lipinski definition) is 3. The van der Waals surface area contributed by atoms with Gasteiger partial charge in [-0.2, -0.15) is 0 Å². The van der Waals surface area contributed by atoms with Crippen molar-refractivity contribution in [3.05, 3.63) is 0 Å². The summed E-state index contributed by atoms with van der Waals surface area (Å²) >= 11 is 0. The Morgan fingerprint density at radius 1 is 1.58 bits per heavy atom. The largest absolute Gasteiger partial charge is 0.481 e. The highest BCUT2D eigenvalue weighted by atomic mass is 16.4. The molecular formula is C8H18N2O2. The van der Waals surface area contributed by atoms with Gasteiger partial charge in [0.2, 0.25) is 0 Å². The van der Waals surface area contributed by atoms with Crippen molar-refractivity contribution in [1.82, 2.24) is 5.32 Å². The van der Waals surface area contributed by atoms with E-state index in [0.717, 1.165) is 6.42 Å². The van der Waals surface area contributed by atoms with E-state index in [-0.39, 0.29) is 12.0 Å². The van der Waals surface area contributed by atoms with E-state index in [4.69, 9.17) is 10.8 Å². The molecular weight excluding hydrogens is 156 g/mol. The van der Waals surface area contributed by atoms with Crippen LogP contribution in [-0.4, -0.2) is 29.7 Å². The number of carboxylic acid groups (broad SMARTS) is 1. The molecule has 0 bridgehead atoms. The molecule has 0 unspecified atom stereocenters. The maximum Gasteiger partial charge on any atom is 0.304 e. The van der Waals surface area contributed by atoms with Crippen LogP contribution in [0.5, 0.6) is 0 Å². The number of aliphatic carboxylic acids is 1. The third-order valence-electron chi connectivity index (χ3n) is 1.71. The predicted octanol–water partition coefficient (Wildman–Crippen LogP) is 0.178. The van der Waals surface area contributed by atoms with E-state index < -0.39 is 5.97 Å². The minimum absolute atomic E-state index is 0.0514. The lowest BCUT2D eigenvalue weighted by Gasteiger charge is -2.25. The van der Waals surface area contributed by atoms with E-state index in [2.05, 4.69) is 5.32 Å². The van der Waals surface area contributed by atoms with Crippen LogP contribution in [0.1, 0.15) is 26.7 Å². The van der Waals surface area contributed by atoms with Gasteiger partial charge in [0.05, 0.1) is 6.42 Å². The van der Waals surface area contributed by atoms with E-state index in [9.17, 15) is 4.79 Å². The molecule has 0 aliphatic heterocycles. The van der Waals surface area contributed by atoms with Gasteiger partial charge < -0.3 is 16.2 Å². The average molecular weight is 174 g/mol. The number of nitrogens with two attached hydrogens (primary N) is 1. The fourth-order valence-electron chi connectivity index (χ4n) is 0.957. The van der Waals surface area contributed by atoms with Crippen molar-refractivity contribution in [3.63, 3.8) is 0 Å². The van der Waals surface area contributed by atoms with E-state index >= 15 is 0 Å². The van der Waals surface area contributed by atoms with Gasteiger partial charge in [0.1, 0.15) is 0 Å². The number of carboxylic acids is 1. The summed E-state index contributed by atoms with van der Waals surface area (Å²) in [6, 6.07) is 0. The van der Waals surface area contributed by atoms with Crippen LogP contribution in [0.15, 0.2) is 0 Å². The lowest BCUT2D eigenvalue weighted by molar-refractivity contribution is -0.136. The van der Waals surface area contributed by atoms with Gasteiger partial charge in [0.25, 0.3) is 0 Å². The summed E-state index contributed by atoms with van der Waals surface area (Å²) in [5.74, 6) is -0.772. The minimum Gasteiger partial charge on any atom is -0.481 e. The van der Waals surface area contributed by atoms with E-state index in [1.165, 1.54) is 0 Å². The molecule has 0 saturated heterocycles. The zero-order valence-electron chi connectivity index (χ0n) is 7.76. The van der Waals surface area contributed by atoms with E-state index in [1.54, 1.807) is 0 Å². The van der Waals surface area contributed by atoms with Crippen LogP contribution in [0, 0.1) is 0 Å². The van der Waals surface area contributed by atoms with Crippen LogP contribution in [0.3, 0.4) is 0 Å². The van der Waals surface area contributed by atoms with Crippen molar-refractivity contribution in [2.45, 2.75) is 32.2 Å². The van der Waals surface area contributed by atoms with Crippen LogP contribution < -0.4 is 11.1 Å². The Morgan fingerprint density at radius 2 is 2.17 bits per heavy atom. The molecule has 0 aliphatic rings. The molecule has 72 valence electrons. The van der Waals surface area contributed by atoms with Gasteiger partial charge in [-0.3, -0.25) is 4.79 Å². The molecule has 0 rings (SSSR count). The van der Waals surface area contributed by atoms with Crippen molar-refractivity contribution in [2.24, 2.45) is 5.73 Å². The number of rotatable bonds is 6. The molecule has 4 nitrogen and oxygen atoms in total. The first-order valence-electron chi connectivity index (χ1n) is 4.15. The summed E-state index contributed by atoms with van der Waals surface area (Å²) in [5, 5.41) is 11.5. The van der Waals surface area contributed by atoms with Crippen molar-refractivity contribution in [3.8, 4) is 0 Å². The molecule has 0 fully saturated rings. The highest BCUT2D eigenvalue weighted by molar-refractivity contribution is 5.66. The van der Waals surface area contributed by atoms with Crippen molar-refractivity contribution in [1.29, 1.82) is 0 Å². The normalized spacial score (nSPS) is 11.6. The van der Waals surface area contributed by atoms with Crippen molar-refractivity contribution >= 4 is 5.97 Å². The standard InChI is InChI=1S/C8H18N2O2/c1-8(2,4-5-9)10-6-3-7(11)12/h10H,3-6,9H2,1-2H3,(H,11,12). The first kappa shape index (κ1) is 11.4. The molecule has 4 N–H and O–H groups in total. The highest BCUT2D eigenvalue weighted by Crippen LogP contribution is 2.05. The maximum atomic E-state index is 10.2. The Kier molecular flexibility index (Phi) is 4.85. The predicted molar refractivity (Wildman–Crippen MR) is 48.0 cm³/mol. The third-order valence-corrected chi connectivity index (χ3v) is 1.71. The molecule has 12 heavy (non-hydrogen) atoms. The number of hydrogen-bond acceptors (Lipinski definition) is 3. The molecule has 0 radical (unpaired) electrons. The van der Waals surface area contributed by atoms with Crippen LogP contribution in [0.4, 0.5) is 0 Å². The van der Waals surface area contributed by atoms with Crippen LogP contribution in [0.25, 0.3) is 0 Å². The fraction of sp³-hybridized carbons (Fsp3) is 0.875. The molecule has 0 aromatic carbocycles. The zero-order valence-corrected chi connectivity index (χ0v) is 7.76. The summed E-state index contributed by atoms with van der Waals surface area (Å²) < 4.78 is 0. The van der Waals surface area contributed by atoms with Crippen LogP contribution in [0.2, 0.25) is 0 Å². The second-order valence-electron chi connectivity index (χ2n) is 3.49. The van der Waals surface area contributed by atoms with Gasteiger partial charge in [-0.25, -0.2) is 0 Å². The highest BCUT2D eigenvalue weighted by Gasteiger charge is 2.15. The van der Waals surface area contributed by atoms with E-state index in [1.807, 2.05) is 13.8 Å². The first-order chi connectivity index (χ1) is 5.48. The van der Waals surface area contributed by atoms with Gasteiger partial charge in [-0.05, 0) is 26.8 Å². The summed E-state index contributed by atoms with van der Waals surface area (Å²) in [4.78, 5) is 10.2. The molecule has 0 saturated carbocycles.